The number of aromatic nitrogens is 1. The van der Waals surface area contributed by atoms with Gasteiger partial charge in [-0.15, -0.1) is 0 Å². The molecule has 0 saturated heterocycles. The van der Waals surface area contributed by atoms with Crippen LogP contribution in [0.2, 0.25) is 0 Å². The Labute approximate surface area is 122 Å². The molecular formula is C11H11IN2O3S. The van der Waals surface area contributed by atoms with E-state index in [1.807, 2.05) is 12.1 Å². The Hall–Kier alpha value is -1.09. The van der Waals surface area contributed by atoms with Crippen LogP contribution in [0.15, 0.2) is 12.1 Å². The van der Waals surface area contributed by atoms with Gasteiger partial charge in [-0.25, -0.2) is 9.78 Å². The molecule has 1 aromatic carbocycles. The number of fused-ring (bicyclic) bond motifs is 1. The van der Waals surface area contributed by atoms with Gasteiger partial charge in [0, 0.05) is 3.57 Å². The summed E-state index contributed by atoms with van der Waals surface area (Å²) in [7, 11) is 1.60. The number of hydrogen-bond acceptors (Lipinski definition) is 5. The molecule has 0 unspecified atom stereocenters. The first-order valence-corrected chi connectivity index (χ1v) is 7.12. The first-order chi connectivity index (χ1) is 8.65. The Morgan fingerprint density at radius 3 is 3.00 bits per heavy atom. The number of nitrogens with one attached hydrogen (secondary N) is 1. The van der Waals surface area contributed by atoms with Crippen molar-refractivity contribution in [3.05, 3.63) is 15.7 Å². The smallest absolute Gasteiger partial charge is 0.413 e. The fourth-order valence-electron chi connectivity index (χ4n) is 1.43. The summed E-state index contributed by atoms with van der Waals surface area (Å²) in [6.45, 7) is 2.08. The van der Waals surface area contributed by atoms with Crippen molar-refractivity contribution in [3.63, 3.8) is 0 Å². The summed E-state index contributed by atoms with van der Waals surface area (Å²) in [4.78, 5) is 15.7. The molecule has 0 fully saturated rings. The highest BCUT2D eigenvalue weighted by Crippen LogP contribution is 2.35. The Kier molecular flexibility index (Phi) is 4.23. The van der Waals surface area contributed by atoms with Crippen molar-refractivity contribution in [1.29, 1.82) is 0 Å². The lowest BCUT2D eigenvalue weighted by Crippen LogP contribution is -2.12. The van der Waals surface area contributed by atoms with Crippen molar-refractivity contribution in [3.8, 4) is 5.75 Å². The minimum Gasteiger partial charge on any atom is -0.494 e. The second-order valence-electron chi connectivity index (χ2n) is 3.29. The summed E-state index contributed by atoms with van der Waals surface area (Å²) in [5, 5.41) is 3.10. The van der Waals surface area contributed by atoms with Crippen LogP contribution in [-0.4, -0.2) is 24.8 Å². The lowest BCUT2D eigenvalue weighted by molar-refractivity contribution is 0.168. The van der Waals surface area contributed by atoms with Gasteiger partial charge >= 0.3 is 6.09 Å². The highest BCUT2D eigenvalue weighted by Gasteiger charge is 2.13. The van der Waals surface area contributed by atoms with Gasteiger partial charge in [-0.3, -0.25) is 5.32 Å². The number of carbonyl (C=O) groups is 1. The van der Waals surface area contributed by atoms with Crippen LogP contribution in [0, 0.1) is 3.57 Å². The average Bonchev–Trinajstić information content (AvgIpc) is 2.74. The molecule has 96 valence electrons. The summed E-state index contributed by atoms with van der Waals surface area (Å²) in [5.41, 5.74) is 0.751. The van der Waals surface area contributed by atoms with Gasteiger partial charge in [-0.1, -0.05) is 11.3 Å². The van der Waals surface area contributed by atoms with Gasteiger partial charge in [0.25, 0.3) is 0 Å². The van der Waals surface area contributed by atoms with E-state index in [-0.39, 0.29) is 0 Å². The number of rotatable bonds is 3. The number of nitrogens with zero attached hydrogens (tertiary/aromatic N) is 1. The van der Waals surface area contributed by atoms with E-state index in [0.29, 0.717) is 17.5 Å². The van der Waals surface area contributed by atoms with Gasteiger partial charge in [0.15, 0.2) is 5.13 Å². The number of methoxy groups -OCH3 is 1. The number of halogens is 1. The predicted octanol–water partition coefficient (Wildman–Crippen LogP) is 3.48. The number of hydrogen-bond donors (Lipinski definition) is 1. The Bertz CT molecular complexity index is 585. The Morgan fingerprint density at radius 2 is 2.33 bits per heavy atom. The van der Waals surface area contributed by atoms with Crippen LogP contribution >= 0.6 is 33.9 Å². The number of ether oxygens (including phenoxy) is 2. The van der Waals surface area contributed by atoms with Crippen LogP contribution in [0.25, 0.3) is 10.2 Å². The van der Waals surface area contributed by atoms with Crippen LogP contribution in [-0.2, 0) is 4.74 Å². The van der Waals surface area contributed by atoms with Gasteiger partial charge in [0.2, 0.25) is 0 Å². The molecule has 2 rings (SSSR count). The van der Waals surface area contributed by atoms with Crippen LogP contribution < -0.4 is 10.1 Å². The molecule has 1 aromatic heterocycles. The van der Waals surface area contributed by atoms with E-state index >= 15 is 0 Å². The van der Waals surface area contributed by atoms with Crippen molar-refractivity contribution in [1.82, 2.24) is 4.98 Å². The zero-order chi connectivity index (χ0) is 13.1. The fraction of sp³-hybridized carbons (Fsp3) is 0.273. The topological polar surface area (TPSA) is 60.5 Å². The molecule has 0 atom stereocenters. The molecule has 0 aliphatic heterocycles. The maximum atomic E-state index is 11.3. The normalized spacial score (nSPS) is 10.4. The molecule has 2 aromatic rings. The molecule has 7 heteroatoms. The van der Waals surface area contributed by atoms with E-state index in [4.69, 9.17) is 9.47 Å². The van der Waals surface area contributed by atoms with E-state index in [0.717, 1.165) is 13.8 Å². The first-order valence-electron chi connectivity index (χ1n) is 5.22. The van der Waals surface area contributed by atoms with E-state index in [1.54, 1.807) is 14.0 Å². The Balaban J connectivity index is 2.37. The first kappa shape index (κ1) is 13.3. The van der Waals surface area contributed by atoms with Crippen LogP contribution in [0.4, 0.5) is 9.93 Å². The molecule has 0 aliphatic rings. The van der Waals surface area contributed by atoms with Crippen molar-refractivity contribution < 1.29 is 14.3 Å². The molecule has 1 heterocycles. The Morgan fingerprint density at radius 1 is 1.56 bits per heavy atom. The third kappa shape index (κ3) is 2.66. The quantitative estimate of drug-likeness (QED) is 0.831. The van der Waals surface area contributed by atoms with E-state index in [2.05, 4.69) is 32.9 Å². The summed E-state index contributed by atoms with van der Waals surface area (Å²) in [6.07, 6.45) is -0.495. The molecule has 1 amide bonds. The van der Waals surface area contributed by atoms with Gasteiger partial charge in [-0.05, 0) is 41.6 Å². The summed E-state index contributed by atoms with van der Waals surface area (Å²) >= 11 is 3.62. The summed E-state index contributed by atoms with van der Waals surface area (Å²) in [6, 6.07) is 3.81. The largest absolute Gasteiger partial charge is 0.494 e. The van der Waals surface area contributed by atoms with Crippen LogP contribution in [0.3, 0.4) is 0 Å². The third-order valence-electron chi connectivity index (χ3n) is 2.16. The zero-order valence-corrected chi connectivity index (χ0v) is 12.8. The SMILES string of the molecule is CCOC(=O)Nc1nc2c(OC)ccc(I)c2s1. The van der Waals surface area contributed by atoms with Crippen LogP contribution in [0.1, 0.15) is 6.92 Å². The standard InChI is InChI=1S/C11H11IN2O3S/c1-3-17-11(15)14-10-13-8-7(16-2)5-4-6(12)9(8)18-10/h4-5H,3H2,1-2H3,(H,13,14,15). The van der Waals surface area contributed by atoms with Crippen LogP contribution in [0.5, 0.6) is 5.75 Å². The monoisotopic (exact) mass is 378 g/mol. The van der Waals surface area contributed by atoms with Crippen molar-refractivity contribution in [2.24, 2.45) is 0 Å². The van der Waals surface area contributed by atoms with Gasteiger partial charge in [-0.2, -0.15) is 0 Å². The minimum atomic E-state index is -0.495. The molecule has 0 spiro atoms. The molecule has 0 aliphatic carbocycles. The molecule has 0 bridgehead atoms. The molecule has 18 heavy (non-hydrogen) atoms. The van der Waals surface area contributed by atoms with Gasteiger partial charge in [0.05, 0.1) is 18.4 Å². The van der Waals surface area contributed by atoms with Gasteiger partial charge in [0.1, 0.15) is 11.3 Å². The highest BCUT2D eigenvalue weighted by atomic mass is 127. The van der Waals surface area contributed by atoms with E-state index in [9.17, 15) is 4.79 Å². The molecule has 0 radical (unpaired) electrons. The molecule has 5 nitrogen and oxygen atoms in total. The maximum Gasteiger partial charge on any atom is 0.413 e. The third-order valence-corrected chi connectivity index (χ3v) is 4.43. The predicted molar refractivity (Wildman–Crippen MR) is 79.5 cm³/mol. The summed E-state index contributed by atoms with van der Waals surface area (Å²) < 4.78 is 12.1. The summed E-state index contributed by atoms with van der Waals surface area (Å²) in [5.74, 6) is 0.693. The maximum absolute atomic E-state index is 11.3. The minimum absolute atomic E-state index is 0.331. The zero-order valence-electron chi connectivity index (χ0n) is 9.82. The highest BCUT2D eigenvalue weighted by molar-refractivity contribution is 14.1. The number of anilines is 1. The number of carbonyl (C=O) groups excluding carboxylic acids is 1. The molecule has 0 saturated carbocycles. The number of amides is 1. The lowest BCUT2D eigenvalue weighted by atomic mass is 10.3. The average molecular weight is 378 g/mol. The number of benzene rings is 1. The van der Waals surface area contributed by atoms with Crippen molar-refractivity contribution >= 4 is 55.4 Å². The second kappa shape index (κ2) is 5.70. The van der Waals surface area contributed by atoms with E-state index < -0.39 is 6.09 Å². The van der Waals surface area contributed by atoms with Crippen molar-refractivity contribution in [2.45, 2.75) is 6.92 Å². The second-order valence-corrected chi connectivity index (χ2v) is 5.45. The van der Waals surface area contributed by atoms with Crippen molar-refractivity contribution in [2.75, 3.05) is 19.0 Å². The fourth-order valence-corrected chi connectivity index (χ4v) is 3.06. The van der Waals surface area contributed by atoms with Gasteiger partial charge < -0.3 is 9.47 Å². The number of thiazole rings is 1. The lowest BCUT2D eigenvalue weighted by Gasteiger charge is -2.00. The van der Waals surface area contributed by atoms with E-state index in [1.165, 1.54) is 11.3 Å². The molecule has 1 N–H and O–H groups in total. The molecular weight excluding hydrogens is 367 g/mol.